The van der Waals surface area contributed by atoms with Gasteiger partial charge in [-0.05, 0) is 48.2 Å². The molecule has 94 valence electrons. The Labute approximate surface area is 107 Å². The predicted octanol–water partition coefficient (Wildman–Crippen LogP) is 2.76. The van der Waals surface area contributed by atoms with Crippen molar-refractivity contribution in [3.63, 3.8) is 0 Å². The van der Waals surface area contributed by atoms with Crippen molar-refractivity contribution < 1.29 is 9.84 Å². The predicted molar refractivity (Wildman–Crippen MR) is 70.5 cm³/mol. The van der Waals surface area contributed by atoms with E-state index in [2.05, 4.69) is 4.98 Å². The highest BCUT2D eigenvalue weighted by Crippen LogP contribution is 2.19. The number of hydrogen-bond acceptors (Lipinski definition) is 3. The van der Waals surface area contributed by atoms with Crippen LogP contribution in [0.2, 0.25) is 0 Å². The van der Waals surface area contributed by atoms with E-state index in [9.17, 15) is 5.11 Å². The van der Waals surface area contributed by atoms with E-state index < -0.39 is 6.10 Å². The van der Waals surface area contributed by atoms with Crippen LogP contribution < -0.4 is 4.74 Å². The van der Waals surface area contributed by atoms with Gasteiger partial charge in [0.05, 0.1) is 13.2 Å². The van der Waals surface area contributed by atoms with Gasteiger partial charge in [0.15, 0.2) is 0 Å². The SMILES string of the molecule is COc1ccc(CCC(O)c2ccncc2)cc1. The summed E-state index contributed by atoms with van der Waals surface area (Å²) in [6, 6.07) is 11.6. The number of methoxy groups -OCH3 is 1. The monoisotopic (exact) mass is 243 g/mol. The molecule has 2 aromatic rings. The molecule has 1 heterocycles. The van der Waals surface area contributed by atoms with E-state index in [1.54, 1.807) is 19.5 Å². The average molecular weight is 243 g/mol. The fourth-order valence-corrected chi connectivity index (χ4v) is 1.85. The first-order valence-corrected chi connectivity index (χ1v) is 6.00. The zero-order valence-electron chi connectivity index (χ0n) is 10.4. The van der Waals surface area contributed by atoms with E-state index >= 15 is 0 Å². The summed E-state index contributed by atoms with van der Waals surface area (Å²) >= 11 is 0. The molecule has 0 radical (unpaired) electrons. The molecule has 1 aromatic carbocycles. The summed E-state index contributed by atoms with van der Waals surface area (Å²) in [5.41, 5.74) is 2.11. The molecule has 1 unspecified atom stereocenters. The van der Waals surface area contributed by atoms with E-state index in [1.165, 1.54) is 5.56 Å². The Morgan fingerprint density at radius 2 is 1.78 bits per heavy atom. The number of nitrogens with zero attached hydrogens (tertiary/aromatic N) is 1. The third-order valence-corrected chi connectivity index (χ3v) is 2.96. The van der Waals surface area contributed by atoms with Crippen LogP contribution in [0.5, 0.6) is 5.75 Å². The highest BCUT2D eigenvalue weighted by atomic mass is 16.5. The Bertz CT molecular complexity index is 468. The summed E-state index contributed by atoms with van der Waals surface area (Å²) < 4.78 is 5.11. The van der Waals surface area contributed by atoms with Crippen LogP contribution in [0, 0.1) is 0 Å². The summed E-state index contributed by atoms with van der Waals surface area (Å²) in [4.78, 5) is 3.94. The Morgan fingerprint density at radius 3 is 2.39 bits per heavy atom. The number of aliphatic hydroxyl groups is 1. The molecule has 18 heavy (non-hydrogen) atoms. The smallest absolute Gasteiger partial charge is 0.118 e. The molecule has 0 bridgehead atoms. The second kappa shape index (κ2) is 6.17. The zero-order chi connectivity index (χ0) is 12.8. The molecule has 3 heteroatoms. The van der Waals surface area contributed by atoms with E-state index in [4.69, 9.17) is 4.74 Å². The van der Waals surface area contributed by atoms with Gasteiger partial charge >= 0.3 is 0 Å². The number of aliphatic hydroxyl groups excluding tert-OH is 1. The molecule has 0 spiro atoms. The largest absolute Gasteiger partial charge is 0.497 e. The lowest BCUT2D eigenvalue weighted by atomic mass is 10.0. The summed E-state index contributed by atoms with van der Waals surface area (Å²) in [7, 11) is 1.65. The third kappa shape index (κ3) is 3.31. The van der Waals surface area contributed by atoms with Crippen molar-refractivity contribution in [1.29, 1.82) is 0 Å². The van der Waals surface area contributed by atoms with Gasteiger partial charge in [0.25, 0.3) is 0 Å². The van der Waals surface area contributed by atoms with Crippen LogP contribution in [0.3, 0.4) is 0 Å². The minimum atomic E-state index is -0.435. The van der Waals surface area contributed by atoms with Crippen molar-refractivity contribution in [3.05, 3.63) is 59.9 Å². The van der Waals surface area contributed by atoms with E-state index in [0.29, 0.717) is 6.42 Å². The quantitative estimate of drug-likeness (QED) is 0.878. The molecule has 1 N–H and O–H groups in total. The number of hydrogen-bond donors (Lipinski definition) is 1. The standard InChI is InChI=1S/C15H17NO2/c1-18-14-5-2-12(3-6-14)4-7-15(17)13-8-10-16-11-9-13/h2-3,5-6,8-11,15,17H,4,7H2,1H3. The summed E-state index contributed by atoms with van der Waals surface area (Å²) in [6.45, 7) is 0. The number of aromatic nitrogens is 1. The Kier molecular flexibility index (Phi) is 4.31. The minimum absolute atomic E-state index is 0.435. The number of pyridine rings is 1. The van der Waals surface area contributed by atoms with Crippen LogP contribution in [0.15, 0.2) is 48.8 Å². The molecule has 0 saturated carbocycles. The molecule has 0 aliphatic heterocycles. The minimum Gasteiger partial charge on any atom is -0.497 e. The first kappa shape index (κ1) is 12.6. The van der Waals surface area contributed by atoms with Crippen molar-refractivity contribution in [2.24, 2.45) is 0 Å². The van der Waals surface area contributed by atoms with E-state index in [1.807, 2.05) is 36.4 Å². The highest BCUT2D eigenvalue weighted by molar-refractivity contribution is 5.27. The third-order valence-electron chi connectivity index (χ3n) is 2.96. The van der Waals surface area contributed by atoms with Gasteiger partial charge in [0.2, 0.25) is 0 Å². The molecule has 0 amide bonds. The van der Waals surface area contributed by atoms with Gasteiger partial charge < -0.3 is 9.84 Å². The highest BCUT2D eigenvalue weighted by Gasteiger charge is 2.07. The van der Waals surface area contributed by atoms with Crippen molar-refractivity contribution in [1.82, 2.24) is 4.98 Å². The van der Waals surface area contributed by atoms with E-state index in [-0.39, 0.29) is 0 Å². The first-order chi connectivity index (χ1) is 8.79. The number of rotatable bonds is 5. The summed E-state index contributed by atoms with van der Waals surface area (Å²) in [6.07, 6.45) is 4.51. The van der Waals surface area contributed by atoms with Crippen molar-refractivity contribution in [3.8, 4) is 5.75 Å². The van der Waals surface area contributed by atoms with E-state index in [0.717, 1.165) is 17.7 Å². The van der Waals surface area contributed by atoms with Gasteiger partial charge in [-0.25, -0.2) is 0 Å². The maximum Gasteiger partial charge on any atom is 0.118 e. The fraction of sp³-hybridized carbons (Fsp3) is 0.267. The van der Waals surface area contributed by atoms with Crippen LogP contribution in [0.25, 0.3) is 0 Å². The normalized spacial score (nSPS) is 12.1. The molecular formula is C15H17NO2. The molecule has 2 rings (SSSR count). The van der Waals surface area contributed by atoms with Crippen LogP contribution in [-0.4, -0.2) is 17.2 Å². The molecular weight excluding hydrogens is 226 g/mol. The van der Waals surface area contributed by atoms with Gasteiger partial charge in [-0.1, -0.05) is 12.1 Å². The maximum absolute atomic E-state index is 10.0. The second-order valence-corrected chi connectivity index (χ2v) is 4.18. The second-order valence-electron chi connectivity index (χ2n) is 4.18. The number of aryl methyl sites for hydroxylation is 1. The Balaban J connectivity index is 1.91. The lowest BCUT2D eigenvalue weighted by molar-refractivity contribution is 0.167. The Hall–Kier alpha value is -1.87. The van der Waals surface area contributed by atoms with Crippen LogP contribution in [0.4, 0.5) is 0 Å². The van der Waals surface area contributed by atoms with Crippen molar-refractivity contribution >= 4 is 0 Å². The van der Waals surface area contributed by atoms with Gasteiger partial charge in [-0.15, -0.1) is 0 Å². The Morgan fingerprint density at radius 1 is 1.11 bits per heavy atom. The van der Waals surface area contributed by atoms with Crippen molar-refractivity contribution in [2.75, 3.05) is 7.11 Å². The van der Waals surface area contributed by atoms with Gasteiger partial charge in [0, 0.05) is 12.4 Å². The van der Waals surface area contributed by atoms with Gasteiger partial charge in [0.1, 0.15) is 5.75 Å². The van der Waals surface area contributed by atoms with Gasteiger partial charge in [-0.3, -0.25) is 4.98 Å². The van der Waals surface area contributed by atoms with Gasteiger partial charge in [-0.2, -0.15) is 0 Å². The van der Waals surface area contributed by atoms with Crippen molar-refractivity contribution in [2.45, 2.75) is 18.9 Å². The maximum atomic E-state index is 10.0. The molecule has 1 aromatic heterocycles. The molecule has 0 aliphatic carbocycles. The van der Waals surface area contributed by atoms with Crippen LogP contribution in [0.1, 0.15) is 23.7 Å². The molecule has 0 saturated heterocycles. The molecule has 0 fully saturated rings. The number of benzene rings is 1. The fourth-order valence-electron chi connectivity index (χ4n) is 1.85. The van der Waals surface area contributed by atoms with Crippen LogP contribution >= 0.6 is 0 Å². The number of ether oxygens (including phenoxy) is 1. The van der Waals surface area contributed by atoms with Crippen LogP contribution in [-0.2, 0) is 6.42 Å². The summed E-state index contributed by atoms with van der Waals surface area (Å²) in [5.74, 6) is 0.855. The zero-order valence-corrected chi connectivity index (χ0v) is 10.4. The lowest BCUT2D eigenvalue weighted by Crippen LogP contribution is -1.99. The topological polar surface area (TPSA) is 42.4 Å². The average Bonchev–Trinajstić information content (AvgIpc) is 2.46. The summed E-state index contributed by atoms with van der Waals surface area (Å²) in [5, 5.41) is 10.0. The first-order valence-electron chi connectivity index (χ1n) is 6.00. The lowest BCUT2D eigenvalue weighted by Gasteiger charge is -2.10. The molecule has 3 nitrogen and oxygen atoms in total. The molecule has 0 aliphatic rings. The molecule has 1 atom stereocenters.